The van der Waals surface area contributed by atoms with Crippen LogP contribution in [0, 0.1) is 3.57 Å². The standard InChI is InChI=1S/C12H12ClIO2/c13-9-3-4-11(14)10(6-9)12(15)8-2-1-5-16-7-8/h3-4,6-7,12,15H,1-2,5H2. The zero-order valence-corrected chi connectivity index (χ0v) is 11.5. The van der Waals surface area contributed by atoms with Gasteiger partial charge >= 0.3 is 0 Å². The molecule has 86 valence electrons. The van der Waals surface area contributed by atoms with Crippen molar-refractivity contribution in [3.63, 3.8) is 0 Å². The van der Waals surface area contributed by atoms with Crippen molar-refractivity contribution in [3.8, 4) is 0 Å². The van der Waals surface area contributed by atoms with Crippen molar-refractivity contribution in [1.29, 1.82) is 0 Å². The SMILES string of the molecule is OC(C1=COCCC1)c1cc(Cl)ccc1I. The number of halogens is 2. The van der Waals surface area contributed by atoms with Gasteiger partial charge in [-0.25, -0.2) is 0 Å². The molecule has 0 saturated heterocycles. The van der Waals surface area contributed by atoms with E-state index >= 15 is 0 Å². The van der Waals surface area contributed by atoms with Crippen LogP contribution in [0.5, 0.6) is 0 Å². The summed E-state index contributed by atoms with van der Waals surface area (Å²) < 4.78 is 6.25. The Labute approximate surface area is 113 Å². The lowest BCUT2D eigenvalue weighted by atomic mass is 9.98. The van der Waals surface area contributed by atoms with Gasteiger partial charge in [0.2, 0.25) is 0 Å². The van der Waals surface area contributed by atoms with E-state index in [1.54, 1.807) is 6.26 Å². The Bertz CT molecular complexity index is 417. The normalized spacial score (nSPS) is 17.6. The molecule has 0 amide bonds. The molecule has 0 aliphatic carbocycles. The molecule has 2 nitrogen and oxygen atoms in total. The smallest absolute Gasteiger partial charge is 0.104 e. The Morgan fingerprint density at radius 2 is 2.25 bits per heavy atom. The number of rotatable bonds is 2. The molecule has 0 bridgehead atoms. The maximum atomic E-state index is 10.2. The topological polar surface area (TPSA) is 29.5 Å². The average molecular weight is 351 g/mol. The van der Waals surface area contributed by atoms with Crippen LogP contribution in [0.25, 0.3) is 0 Å². The minimum absolute atomic E-state index is 0.606. The summed E-state index contributed by atoms with van der Waals surface area (Å²) in [5.74, 6) is 0. The molecule has 1 unspecified atom stereocenters. The minimum atomic E-state index is -0.606. The largest absolute Gasteiger partial charge is 0.501 e. The fraction of sp³-hybridized carbons (Fsp3) is 0.333. The van der Waals surface area contributed by atoms with Crippen LogP contribution in [0.2, 0.25) is 5.02 Å². The van der Waals surface area contributed by atoms with Crippen LogP contribution < -0.4 is 0 Å². The highest BCUT2D eigenvalue weighted by Crippen LogP contribution is 2.31. The first kappa shape index (κ1) is 12.2. The average Bonchev–Trinajstić information content (AvgIpc) is 2.32. The monoisotopic (exact) mass is 350 g/mol. The molecule has 16 heavy (non-hydrogen) atoms. The Kier molecular flexibility index (Phi) is 4.10. The second-order valence-electron chi connectivity index (χ2n) is 3.74. The van der Waals surface area contributed by atoms with E-state index in [0.29, 0.717) is 5.02 Å². The maximum absolute atomic E-state index is 10.2. The summed E-state index contributed by atoms with van der Waals surface area (Å²) in [5.41, 5.74) is 1.77. The van der Waals surface area contributed by atoms with E-state index < -0.39 is 6.10 Å². The Morgan fingerprint density at radius 3 is 2.94 bits per heavy atom. The molecule has 1 atom stereocenters. The fourth-order valence-electron chi connectivity index (χ4n) is 1.71. The highest BCUT2D eigenvalue weighted by Gasteiger charge is 2.18. The lowest BCUT2D eigenvalue weighted by Crippen LogP contribution is -2.09. The molecular formula is C12H12ClIO2. The third-order valence-corrected chi connectivity index (χ3v) is 3.78. The summed E-state index contributed by atoms with van der Waals surface area (Å²) in [7, 11) is 0. The molecule has 1 aliphatic heterocycles. The van der Waals surface area contributed by atoms with Crippen molar-refractivity contribution < 1.29 is 9.84 Å². The van der Waals surface area contributed by atoms with Crippen LogP contribution in [0.1, 0.15) is 24.5 Å². The fourth-order valence-corrected chi connectivity index (χ4v) is 2.52. The Balaban J connectivity index is 2.29. The van der Waals surface area contributed by atoms with E-state index in [2.05, 4.69) is 22.6 Å². The van der Waals surface area contributed by atoms with E-state index in [1.807, 2.05) is 18.2 Å². The van der Waals surface area contributed by atoms with E-state index in [9.17, 15) is 5.11 Å². The number of benzene rings is 1. The predicted octanol–water partition coefficient (Wildman–Crippen LogP) is 3.67. The van der Waals surface area contributed by atoms with Crippen molar-refractivity contribution in [2.24, 2.45) is 0 Å². The number of aliphatic hydroxyl groups excluding tert-OH is 1. The molecule has 1 heterocycles. The van der Waals surface area contributed by atoms with Crippen molar-refractivity contribution in [3.05, 3.63) is 44.2 Å². The molecule has 0 radical (unpaired) electrons. The van der Waals surface area contributed by atoms with E-state index in [0.717, 1.165) is 34.2 Å². The summed E-state index contributed by atoms with van der Waals surface area (Å²) in [4.78, 5) is 0. The van der Waals surface area contributed by atoms with Gasteiger partial charge in [-0.15, -0.1) is 0 Å². The maximum Gasteiger partial charge on any atom is 0.104 e. The van der Waals surface area contributed by atoms with Gasteiger partial charge in [0, 0.05) is 8.59 Å². The van der Waals surface area contributed by atoms with E-state index in [4.69, 9.17) is 16.3 Å². The van der Waals surface area contributed by atoms with Crippen LogP contribution in [0.4, 0.5) is 0 Å². The van der Waals surface area contributed by atoms with Gasteiger partial charge in [-0.3, -0.25) is 0 Å². The highest BCUT2D eigenvalue weighted by molar-refractivity contribution is 14.1. The number of aliphatic hydroxyl groups is 1. The molecular weight excluding hydrogens is 338 g/mol. The molecule has 1 aromatic rings. The van der Waals surface area contributed by atoms with Crippen LogP contribution in [-0.4, -0.2) is 11.7 Å². The van der Waals surface area contributed by atoms with Crippen molar-refractivity contribution in [1.82, 2.24) is 0 Å². The van der Waals surface area contributed by atoms with Crippen LogP contribution in [0.3, 0.4) is 0 Å². The van der Waals surface area contributed by atoms with E-state index in [-0.39, 0.29) is 0 Å². The number of hydrogen-bond donors (Lipinski definition) is 1. The zero-order chi connectivity index (χ0) is 11.5. The Morgan fingerprint density at radius 1 is 1.44 bits per heavy atom. The second kappa shape index (κ2) is 5.38. The zero-order valence-electron chi connectivity index (χ0n) is 8.62. The van der Waals surface area contributed by atoms with Gasteiger partial charge in [-0.2, -0.15) is 0 Å². The third-order valence-electron chi connectivity index (χ3n) is 2.57. The predicted molar refractivity (Wildman–Crippen MR) is 72.4 cm³/mol. The summed E-state index contributed by atoms with van der Waals surface area (Å²) in [6.07, 6.45) is 2.90. The summed E-state index contributed by atoms with van der Waals surface area (Å²) >= 11 is 8.14. The van der Waals surface area contributed by atoms with Crippen LogP contribution in [0.15, 0.2) is 30.0 Å². The number of ether oxygens (including phenoxy) is 1. The first-order chi connectivity index (χ1) is 7.68. The molecule has 2 rings (SSSR count). The first-order valence-electron chi connectivity index (χ1n) is 5.12. The molecule has 4 heteroatoms. The third kappa shape index (κ3) is 2.70. The lowest BCUT2D eigenvalue weighted by Gasteiger charge is -2.20. The first-order valence-corrected chi connectivity index (χ1v) is 6.57. The molecule has 0 saturated carbocycles. The lowest BCUT2D eigenvalue weighted by molar-refractivity contribution is 0.170. The van der Waals surface area contributed by atoms with Gasteiger partial charge in [0.15, 0.2) is 0 Å². The highest BCUT2D eigenvalue weighted by atomic mass is 127. The van der Waals surface area contributed by atoms with Gasteiger partial charge in [-0.05, 0) is 64.8 Å². The molecule has 0 fully saturated rings. The van der Waals surface area contributed by atoms with Crippen molar-refractivity contribution in [2.75, 3.05) is 6.61 Å². The summed E-state index contributed by atoms with van der Waals surface area (Å²) in [5, 5.41) is 10.9. The Hall–Kier alpha value is -0.260. The minimum Gasteiger partial charge on any atom is -0.501 e. The molecule has 1 aromatic carbocycles. The van der Waals surface area contributed by atoms with Gasteiger partial charge < -0.3 is 9.84 Å². The molecule has 0 aromatic heterocycles. The summed E-state index contributed by atoms with van der Waals surface area (Å²) in [6, 6.07) is 5.54. The van der Waals surface area contributed by atoms with Gasteiger partial charge in [0.1, 0.15) is 6.10 Å². The van der Waals surface area contributed by atoms with Gasteiger partial charge in [-0.1, -0.05) is 11.6 Å². The number of hydrogen-bond acceptors (Lipinski definition) is 2. The second-order valence-corrected chi connectivity index (χ2v) is 5.33. The molecule has 1 aliphatic rings. The molecule has 0 spiro atoms. The quantitative estimate of drug-likeness (QED) is 0.825. The van der Waals surface area contributed by atoms with Crippen LogP contribution in [-0.2, 0) is 4.74 Å². The van der Waals surface area contributed by atoms with Gasteiger partial charge in [0.25, 0.3) is 0 Å². The molecule has 1 N–H and O–H groups in total. The van der Waals surface area contributed by atoms with Crippen molar-refractivity contribution >= 4 is 34.2 Å². The summed E-state index contributed by atoms with van der Waals surface area (Å²) in [6.45, 7) is 0.739. The van der Waals surface area contributed by atoms with Crippen molar-refractivity contribution in [2.45, 2.75) is 18.9 Å². The van der Waals surface area contributed by atoms with Crippen LogP contribution >= 0.6 is 34.2 Å². The van der Waals surface area contributed by atoms with Gasteiger partial charge in [0.05, 0.1) is 12.9 Å². The van der Waals surface area contributed by atoms with E-state index in [1.165, 1.54) is 0 Å².